The van der Waals surface area contributed by atoms with Crippen molar-refractivity contribution in [1.82, 2.24) is 14.9 Å². The number of aromatic nitrogens is 2. The van der Waals surface area contributed by atoms with E-state index in [-0.39, 0.29) is 23.5 Å². The van der Waals surface area contributed by atoms with Crippen LogP contribution in [-0.2, 0) is 9.84 Å². The van der Waals surface area contributed by atoms with E-state index in [0.29, 0.717) is 17.0 Å². The number of carbonyl (C=O) groups is 1. The van der Waals surface area contributed by atoms with E-state index in [1.54, 1.807) is 6.92 Å². The molecule has 0 spiro atoms. The summed E-state index contributed by atoms with van der Waals surface area (Å²) in [6.07, 6.45) is 4.21. The molecule has 1 fully saturated rings. The number of rotatable bonds is 3. The number of sulfone groups is 1. The van der Waals surface area contributed by atoms with Crippen molar-refractivity contribution in [2.45, 2.75) is 19.4 Å². The fourth-order valence-electron chi connectivity index (χ4n) is 2.33. The molecule has 21 heavy (non-hydrogen) atoms. The standard InChI is InChI=1S/C13H15N3O3S2/c1-9-11(20-13(14-9)16-5-2-3-6-16)12(17)15-10-4-7-21(18,19)8-10/h2-3,5-6,10H,4,7-8H2,1H3,(H,15,17). The molecule has 6 nitrogen and oxygen atoms in total. The first kappa shape index (κ1) is 14.3. The van der Waals surface area contributed by atoms with Gasteiger partial charge in [0.2, 0.25) is 0 Å². The molecule has 0 bridgehead atoms. The maximum Gasteiger partial charge on any atom is 0.263 e. The van der Waals surface area contributed by atoms with Crippen LogP contribution < -0.4 is 5.32 Å². The van der Waals surface area contributed by atoms with Crippen molar-refractivity contribution >= 4 is 27.1 Å². The summed E-state index contributed by atoms with van der Waals surface area (Å²) in [4.78, 5) is 17.2. The molecule has 1 saturated heterocycles. The third kappa shape index (κ3) is 3.01. The molecule has 0 saturated carbocycles. The van der Waals surface area contributed by atoms with Gasteiger partial charge in [0.05, 0.1) is 17.2 Å². The van der Waals surface area contributed by atoms with Gasteiger partial charge in [-0.25, -0.2) is 13.4 Å². The molecule has 1 N–H and O–H groups in total. The lowest BCUT2D eigenvalue weighted by Gasteiger charge is -2.09. The summed E-state index contributed by atoms with van der Waals surface area (Å²) >= 11 is 1.30. The van der Waals surface area contributed by atoms with Gasteiger partial charge in [0.1, 0.15) is 4.88 Å². The second kappa shape index (κ2) is 5.27. The monoisotopic (exact) mass is 325 g/mol. The Morgan fingerprint density at radius 3 is 2.76 bits per heavy atom. The molecule has 0 radical (unpaired) electrons. The van der Waals surface area contributed by atoms with E-state index in [1.807, 2.05) is 29.1 Å². The molecule has 2 aromatic heterocycles. The highest BCUT2D eigenvalue weighted by Crippen LogP contribution is 2.22. The summed E-state index contributed by atoms with van der Waals surface area (Å²) in [5.41, 5.74) is 0.655. The average molecular weight is 325 g/mol. The minimum atomic E-state index is -2.99. The molecule has 1 aliphatic heterocycles. The quantitative estimate of drug-likeness (QED) is 0.918. The second-order valence-corrected chi connectivity index (χ2v) is 8.28. The van der Waals surface area contributed by atoms with Crippen molar-refractivity contribution in [3.05, 3.63) is 35.1 Å². The number of carbonyl (C=O) groups excluding carboxylic acids is 1. The summed E-state index contributed by atoms with van der Waals surface area (Å²) in [5, 5.41) is 3.52. The third-order valence-corrected chi connectivity index (χ3v) is 6.32. The van der Waals surface area contributed by atoms with Crippen molar-refractivity contribution in [3.8, 4) is 5.13 Å². The maximum atomic E-state index is 12.3. The number of aryl methyl sites for hydroxylation is 1. The first-order valence-corrected chi connectivity index (χ1v) is 9.20. The van der Waals surface area contributed by atoms with Crippen molar-refractivity contribution in [1.29, 1.82) is 0 Å². The van der Waals surface area contributed by atoms with Crippen LogP contribution in [0.4, 0.5) is 0 Å². The van der Waals surface area contributed by atoms with Crippen LogP contribution in [-0.4, -0.2) is 41.4 Å². The van der Waals surface area contributed by atoms with Gasteiger partial charge in [-0.15, -0.1) is 0 Å². The molecule has 3 rings (SSSR count). The summed E-state index contributed by atoms with van der Waals surface area (Å²) < 4.78 is 24.7. The van der Waals surface area contributed by atoms with E-state index >= 15 is 0 Å². The highest BCUT2D eigenvalue weighted by Gasteiger charge is 2.30. The average Bonchev–Trinajstić information content (AvgIpc) is 3.09. The normalized spacial score (nSPS) is 20.5. The molecule has 3 heterocycles. The van der Waals surface area contributed by atoms with Crippen molar-refractivity contribution < 1.29 is 13.2 Å². The SMILES string of the molecule is Cc1nc(-n2cccc2)sc1C(=O)NC1CCS(=O)(=O)C1. The maximum absolute atomic E-state index is 12.3. The van der Waals surface area contributed by atoms with E-state index in [1.165, 1.54) is 11.3 Å². The van der Waals surface area contributed by atoms with Gasteiger partial charge < -0.3 is 9.88 Å². The van der Waals surface area contributed by atoms with Crippen molar-refractivity contribution in [2.24, 2.45) is 0 Å². The highest BCUT2D eigenvalue weighted by molar-refractivity contribution is 7.91. The van der Waals surface area contributed by atoms with Crippen molar-refractivity contribution in [2.75, 3.05) is 11.5 Å². The molecule has 0 aromatic carbocycles. The molecule has 112 valence electrons. The Morgan fingerprint density at radius 2 is 2.14 bits per heavy atom. The number of hydrogen-bond donors (Lipinski definition) is 1. The van der Waals surface area contributed by atoms with Gasteiger partial charge in [-0.05, 0) is 25.5 Å². The van der Waals surface area contributed by atoms with E-state index in [2.05, 4.69) is 10.3 Å². The zero-order valence-electron chi connectivity index (χ0n) is 11.4. The van der Waals surface area contributed by atoms with Crippen LogP contribution in [0.1, 0.15) is 21.8 Å². The molecular weight excluding hydrogens is 310 g/mol. The second-order valence-electron chi connectivity index (χ2n) is 5.07. The predicted octanol–water partition coefficient (Wildman–Crippen LogP) is 1.16. The molecule has 1 unspecified atom stereocenters. The van der Waals surface area contributed by atoms with Crippen LogP contribution in [0.25, 0.3) is 5.13 Å². The first-order chi connectivity index (χ1) is 9.94. The molecular formula is C13H15N3O3S2. The van der Waals surface area contributed by atoms with Gasteiger partial charge in [0, 0.05) is 18.4 Å². The lowest BCUT2D eigenvalue weighted by atomic mass is 10.2. The van der Waals surface area contributed by atoms with Crippen LogP contribution in [0, 0.1) is 6.92 Å². The number of hydrogen-bond acceptors (Lipinski definition) is 5. The van der Waals surface area contributed by atoms with Gasteiger partial charge >= 0.3 is 0 Å². The lowest BCUT2D eigenvalue weighted by Crippen LogP contribution is -2.35. The van der Waals surface area contributed by atoms with Crippen LogP contribution in [0.5, 0.6) is 0 Å². The Labute approximate surface area is 126 Å². The Hall–Kier alpha value is -1.67. The minimum absolute atomic E-state index is 0.0288. The van der Waals surface area contributed by atoms with Gasteiger partial charge in [0.25, 0.3) is 5.91 Å². The molecule has 2 aromatic rings. The van der Waals surface area contributed by atoms with E-state index in [0.717, 1.165) is 5.13 Å². The Balaban J connectivity index is 1.76. The fraction of sp³-hybridized carbons (Fsp3) is 0.385. The number of amides is 1. The number of thiazole rings is 1. The Bertz CT molecular complexity index is 763. The smallest absolute Gasteiger partial charge is 0.263 e. The van der Waals surface area contributed by atoms with Gasteiger partial charge in [0.15, 0.2) is 15.0 Å². The minimum Gasteiger partial charge on any atom is -0.347 e. The van der Waals surface area contributed by atoms with E-state index in [4.69, 9.17) is 0 Å². The van der Waals surface area contributed by atoms with Gasteiger partial charge in [-0.2, -0.15) is 0 Å². The molecule has 1 amide bonds. The van der Waals surface area contributed by atoms with Gasteiger partial charge in [-0.1, -0.05) is 11.3 Å². The number of nitrogens with zero attached hydrogens (tertiary/aromatic N) is 2. The Morgan fingerprint density at radius 1 is 1.43 bits per heavy atom. The first-order valence-electron chi connectivity index (χ1n) is 6.57. The predicted molar refractivity (Wildman–Crippen MR) is 80.7 cm³/mol. The van der Waals surface area contributed by atoms with E-state index < -0.39 is 9.84 Å². The van der Waals surface area contributed by atoms with Crippen LogP contribution in [0.15, 0.2) is 24.5 Å². The van der Waals surface area contributed by atoms with Crippen LogP contribution >= 0.6 is 11.3 Å². The molecule has 0 aliphatic carbocycles. The summed E-state index contributed by atoms with van der Waals surface area (Å²) in [6.45, 7) is 1.78. The summed E-state index contributed by atoms with van der Waals surface area (Å²) in [6, 6.07) is 3.48. The van der Waals surface area contributed by atoms with Crippen molar-refractivity contribution in [3.63, 3.8) is 0 Å². The summed E-state index contributed by atoms with van der Waals surface area (Å²) in [5.74, 6) is -0.0690. The van der Waals surface area contributed by atoms with Crippen LogP contribution in [0.2, 0.25) is 0 Å². The zero-order chi connectivity index (χ0) is 15.0. The van der Waals surface area contributed by atoms with E-state index in [9.17, 15) is 13.2 Å². The van der Waals surface area contributed by atoms with Gasteiger partial charge in [-0.3, -0.25) is 4.79 Å². The third-order valence-electron chi connectivity index (χ3n) is 3.38. The topological polar surface area (TPSA) is 81.1 Å². The summed E-state index contributed by atoms with van der Waals surface area (Å²) in [7, 11) is -2.99. The molecule has 8 heteroatoms. The number of nitrogens with one attached hydrogen (secondary N) is 1. The fourth-order valence-corrected chi connectivity index (χ4v) is 4.94. The molecule has 1 atom stereocenters. The lowest BCUT2D eigenvalue weighted by molar-refractivity contribution is 0.0944. The Kier molecular flexibility index (Phi) is 3.58. The zero-order valence-corrected chi connectivity index (χ0v) is 13.1. The van der Waals surface area contributed by atoms with Crippen LogP contribution in [0.3, 0.4) is 0 Å². The largest absolute Gasteiger partial charge is 0.347 e. The highest BCUT2D eigenvalue weighted by atomic mass is 32.2. The molecule has 1 aliphatic rings.